The van der Waals surface area contributed by atoms with Gasteiger partial charge in [-0.1, -0.05) is 78.9 Å². The van der Waals surface area contributed by atoms with Crippen molar-refractivity contribution in [2.75, 3.05) is 0 Å². The third-order valence-electron chi connectivity index (χ3n) is 3.78. The van der Waals surface area contributed by atoms with E-state index in [1.807, 2.05) is 91.0 Å². The van der Waals surface area contributed by atoms with Gasteiger partial charge in [0.25, 0.3) is 0 Å². The summed E-state index contributed by atoms with van der Waals surface area (Å²) in [6, 6.07) is 18.8. The Bertz CT molecular complexity index is 742. The van der Waals surface area contributed by atoms with Crippen LogP contribution in [0.1, 0.15) is 22.3 Å². The standard InChI is InChI=1S/C21H18O2/c22-20(18-12-6-4-7-13-18)21(19-14-8-5-9-15-19)16-10-2-1-3-11-17-23-21/h1-2,4-17H,3H2. The zero-order valence-corrected chi connectivity index (χ0v) is 12.8. The number of rotatable bonds is 3. The minimum Gasteiger partial charge on any atom is -0.478 e. The molecule has 0 spiro atoms. The van der Waals surface area contributed by atoms with E-state index >= 15 is 0 Å². The van der Waals surface area contributed by atoms with Crippen LogP contribution in [0.4, 0.5) is 0 Å². The van der Waals surface area contributed by atoms with Crippen LogP contribution < -0.4 is 0 Å². The van der Waals surface area contributed by atoms with Crippen LogP contribution in [0, 0.1) is 0 Å². The summed E-state index contributed by atoms with van der Waals surface area (Å²) in [5.74, 6) is -0.0829. The van der Waals surface area contributed by atoms with E-state index < -0.39 is 5.60 Å². The number of allylic oxidation sites excluding steroid dienone is 4. The lowest BCUT2D eigenvalue weighted by Gasteiger charge is -2.29. The second kappa shape index (κ2) is 6.93. The van der Waals surface area contributed by atoms with Gasteiger partial charge in [-0.05, 0) is 18.6 Å². The van der Waals surface area contributed by atoms with Crippen LogP contribution in [0.5, 0.6) is 0 Å². The number of Topliss-reactive ketones (excluding diaryl/α,β-unsaturated/α-hetero) is 1. The van der Waals surface area contributed by atoms with Crippen molar-refractivity contribution in [3.05, 3.63) is 108 Å². The van der Waals surface area contributed by atoms with Gasteiger partial charge in [-0.2, -0.15) is 0 Å². The zero-order valence-electron chi connectivity index (χ0n) is 12.8. The van der Waals surface area contributed by atoms with Gasteiger partial charge in [0, 0.05) is 11.1 Å². The first-order valence-electron chi connectivity index (χ1n) is 7.65. The van der Waals surface area contributed by atoms with Gasteiger partial charge >= 0.3 is 0 Å². The average Bonchev–Trinajstić information content (AvgIpc) is 2.75. The molecule has 1 aliphatic heterocycles. The van der Waals surface area contributed by atoms with Crippen molar-refractivity contribution in [1.29, 1.82) is 0 Å². The van der Waals surface area contributed by atoms with Gasteiger partial charge in [-0.3, -0.25) is 4.79 Å². The summed E-state index contributed by atoms with van der Waals surface area (Å²) < 4.78 is 6.00. The summed E-state index contributed by atoms with van der Waals surface area (Å²) in [4.78, 5) is 13.3. The van der Waals surface area contributed by atoms with Gasteiger partial charge in [0.1, 0.15) is 0 Å². The Morgan fingerprint density at radius 2 is 1.57 bits per heavy atom. The van der Waals surface area contributed by atoms with Gasteiger partial charge in [-0.15, -0.1) is 0 Å². The Morgan fingerprint density at radius 1 is 0.870 bits per heavy atom. The highest BCUT2D eigenvalue weighted by Crippen LogP contribution is 2.32. The van der Waals surface area contributed by atoms with Crippen molar-refractivity contribution in [3.63, 3.8) is 0 Å². The van der Waals surface area contributed by atoms with E-state index in [0.717, 1.165) is 12.0 Å². The average molecular weight is 302 g/mol. The largest absolute Gasteiger partial charge is 0.478 e. The molecule has 0 aliphatic carbocycles. The number of benzene rings is 2. The van der Waals surface area contributed by atoms with Crippen LogP contribution in [0.2, 0.25) is 0 Å². The lowest BCUT2D eigenvalue weighted by molar-refractivity contribution is 0.0437. The predicted octanol–water partition coefficient (Wildman–Crippen LogP) is 4.81. The third kappa shape index (κ3) is 3.16. The molecule has 0 radical (unpaired) electrons. The van der Waals surface area contributed by atoms with E-state index in [1.165, 1.54) is 0 Å². The fraction of sp³-hybridized carbons (Fsp3) is 0.0952. The Balaban J connectivity index is 2.15. The van der Waals surface area contributed by atoms with Gasteiger partial charge in [-0.25, -0.2) is 0 Å². The quantitative estimate of drug-likeness (QED) is 0.760. The van der Waals surface area contributed by atoms with Crippen LogP contribution in [-0.2, 0) is 10.3 Å². The van der Waals surface area contributed by atoms with Crippen molar-refractivity contribution in [3.8, 4) is 0 Å². The minimum atomic E-state index is -1.16. The van der Waals surface area contributed by atoms with Crippen LogP contribution in [0.15, 0.2) is 97.3 Å². The summed E-state index contributed by atoms with van der Waals surface area (Å²) in [5.41, 5.74) is 0.274. The highest BCUT2D eigenvalue weighted by Gasteiger charge is 2.39. The predicted molar refractivity (Wildman–Crippen MR) is 92.0 cm³/mol. The maximum Gasteiger partial charge on any atom is 0.215 e. The number of carbonyl (C=O) groups excluding carboxylic acids is 1. The van der Waals surface area contributed by atoms with E-state index in [1.54, 1.807) is 6.26 Å². The first kappa shape index (κ1) is 15.0. The van der Waals surface area contributed by atoms with Crippen LogP contribution >= 0.6 is 0 Å². The molecule has 1 unspecified atom stereocenters. The zero-order chi connectivity index (χ0) is 16.0. The molecule has 0 saturated heterocycles. The molecule has 2 heteroatoms. The van der Waals surface area contributed by atoms with Gasteiger partial charge in [0.15, 0.2) is 0 Å². The maximum absolute atomic E-state index is 13.3. The van der Waals surface area contributed by atoms with Crippen molar-refractivity contribution in [2.24, 2.45) is 0 Å². The number of ketones is 1. The summed E-state index contributed by atoms with van der Waals surface area (Å²) in [7, 11) is 0. The first-order valence-corrected chi connectivity index (χ1v) is 7.65. The second-order valence-electron chi connectivity index (χ2n) is 5.31. The topological polar surface area (TPSA) is 26.3 Å². The Hall–Kier alpha value is -2.87. The van der Waals surface area contributed by atoms with Crippen molar-refractivity contribution in [2.45, 2.75) is 12.0 Å². The summed E-state index contributed by atoms with van der Waals surface area (Å²) in [5, 5.41) is 0. The molecule has 0 saturated carbocycles. The molecule has 0 bridgehead atoms. The molecule has 0 aromatic heterocycles. The summed E-state index contributed by atoms with van der Waals surface area (Å²) >= 11 is 0. The van der Waals surface area contributed by atoms with Crippen LogP contribution in [0.25, 0.3) is 0 Å². The van der Waals surface area contributed by atoms with Crippen molar-refractivity contribution < 1.29 is 9.53 Å². The normalized spacial score (nSPS) is 20.2. The monoisotopic (exact) mass is 302 g/mol. The molecule has 1 atom stereocenters. The molecule has 2 aromatic rings. The fourth-order valence-corrected chi connectivity index (χ4v) is 2.59. The molecule has 2 nitrogen and oxygen atoms in total. The lowest BCUT2D eigenvalue weighted by Crippen LogP contribution is -2.35. The smallest absolute Gasteiger partial charge is 0.215 e. The Labute approximate surface area is 136 Å². The highest BCUT2D eigenvalue weighted by molar-refractivity contribution is 6.04. The lowest BCUT2D eigenvalue weighted by atomic mass is 9.85. The molecule has 23 heavy (non-hydrogen) atoms. The fourth-order valence-electron chi connectivity index (χ4n) is 2.59. The molecule has 3 rings (SSSR count). The van der Waals surface area contributed by atoms with E-state index in [0.29, 0.717) is 5.56 Å². The number of ether oxygens (including phenoxy) is 1. The molecule has 1 heterocycles. The Morgan fingerprint density at radius 3 is 2.30 bits per heavy atom. The molecule has 2 aromatic carbocycles. The molecular weight excluding hydrogens is 284 g/mol. The molecule has 0 fully saturated rings. The van der Waals surface area contributed by atoms with Gasteiger partial charge in [0.2, 0.25) is 11.4 Å². The van der Waals surface area contributed by atoms with Crippen LogP contribution in [0.3, 0.4) is 0 Å². The SMILES string of the molecule is O=C(c1ccccc1)C1(c2ccccc2)C=CC=CCC=CO1. The molecule has 1 aliphatic rings. The number of hydrogen-bond donors (Lipinski definition) is 0. The van der Waals surface area contributed by atoms with Gasteiger partial charge in [0.05, 0.1) is 6.26 Å². The Kier molecular flexibility index (Phi) is 4.53. The number of hydrogen-bond acceptors (Lipinski definition) is 2. The van der Waals surface area contributed by atoms with E-state index in [4.69, 9.17) is 4.74 Å². The first-order chi connectivity index (χ1) is 11.3. The maximum atomic E-state index is 13.3. The number of carbonyl (C=O) groups is 1. The molecule has 0 amide bonds. The van der Waals surface area contributed by atoms with E-state index in [-0.39, 0.29) is 5.78 Å². The highest BCUT2D eigenvalue weighted by atomic mass is 16.5. The van der Waals surface area contributed by atoms with E-state index in [2.05, 4.69) is 0 Å². The molecule has 114 valence electrons. The summed E-state index contributed by atoms with van der Waals surface area (Å²) in [6.07, 6.45) is 12.0. The summed E-state index contributed by atoms with van der Waals surface area (Å²) in [6.45, 7) is 0. The van der Waals surface area contributed by atoms with Crippen molar-refractivity contribution >= 4 is 5.78 Å². The molecular formula is C21H18O2. The van der Waals surface area contributed by atoms with Gasteiger partial charge < -0.3 is 4.74 Å². The van der Waals surface area contributed by atoms with Crippen LogP contribution in [-0.4, -0.2) is 5.78 Å². The third-order valence-corrected chi connectivity index (χ3v) is 3.78. The molecule has 0 N–H and O–H groups in total. The van der Waals surface area contributed by atoms with E-state index in [9.17, 15) is 4.79 Å². The van der Waals surface area contributed by atoms with Crippen molar-refractivity contribution in [1.82, 2.24) is 0 Å². The minimum absolute atomic E-state index is 0.0829. The second-order valence-corrected chi connectivity index (χ2v) is 5.31.